The molecule has 1 unspecified atom stereocenters. The van der Waals surface area contributed by atoms with E-state index in [0.29, 0.717) is 16.6 Å². The van der Waals surface area contributed by atoms with Gasteiger partial charge in [0, 0.05) is 5.46 Å². The van der Waals surface area contributed by atoms with Crippen molar-refractivity contribution in [1.82, 2.24) is 5.32 Å². The Labute approximate surface area is 162 Å². The normalized spacial score (nSPS) is 19.7. The molecule has 0 radical (unpaired) electrons. The lowest BCUT2D eigenvalue weighted by Crippen LogP contribution is -2.41. The van der Waals surface area contributed by atoms with Gasteiger partial charge in [0.05, 0.1) is 17.2 Å². The van der Waals surface area contributed by atoms with Crippen LogP contribution in [0.5, 0.6) is 0 Å². The highest BCUT2D eigenvalue weighted by atomic mass is 19.1. The first-order chi connectivity index (χ1) is 12.1. The van der Waals surface area contributed by atoms with Crippen LogP contribution in [0.1, 0.15) is 72.6 Å². The van der Waals surface area contributed by atoms with Crippen LogP contribution in [0.15, 0.2) is 12.1 Å². The maximum atomic E-state index is 15.1. The molecule has 1 aromatic rings. The average Bonchev–Trinajstić information content (AvgIpc) is 2.67. The van der Waals surface area contributed by atoms with E-state index < -0.39 is 36.1 Å². The Kier molecular flexibility index (Phi) is 5.70. The summed E-state index contributed by atoms with van der Waals surface area (Å²) in [6, 6.07) is 3.05. The first kappa shape index (κ1) is 21.7. The predicted octanol–water partition coefficient (Wildman–Crippen LogP) is 4.02. The Morgan fingerprint density at radius 3 is 2.19 bits per heavy atom. The number of nitrogens with one attached hydrogen (secondary N) is 1. The maximum Gasteiger partial charge on any atom is 0.497 e. The molecule has 1 N–H and O–H groups in total. The van der Waals surface area contributed by atoms with E-state index in [1.54, 1.807) is 46.8 Å². The van der Waals surface area contributed by atoms with Crippen molar-refractivity contribution in [2.75, 3.05) is 0 Å². The van der Waals surface area contributed by atoms with Crippen LogP contribution in [-0.4, -0.2) is 30.0 Å². The highest BCUT2D eigenvalue weighted by molar-refractivity contribution is 6.62. The lowest BCUT2D eigenvalue weighted by Gasteiger charge is -2.32. The first-order valence-corrected chi connectivity index (χ1v) is 9.29. The van der Waals surface area contributed by atoms with Crippen LogP contribution in [-0.2, 0) is 14.0 Å². The van der Waals surface area contributed by atoms with Crippen molar-refractivity contribution in [3.05, 3.63) is 29.1 Å². The molecule has 1 heterocycles. The number of rotatable bonds is 3. The van der Waals surface area contributed by atoms with Gasteiger partial charge in [0.25, 0.3) is 0 Å². The van der Waals surface area contributed by atoms with Gasteiger partial charge in [-0.2, -0.15) is 0 Å². The van der Waals surface area contributed by atoms with E-state index >= 15 is 4.39 Å². The summed E-state index contributed by atoms with van der Waals surface area (Å²) in [4.78, 5) is 12.0. The van der Waals surface area contributed by atoms with Crippen molar-refractivity contribution in [2.45, 2.75) is 85.2 Å². The number of benzene rings is 1. The van der Waals surface area contributed by atoms with Crippen LogP contribution in [0.4, 0.5) is 9.18 Å². The van der Waals surface area contributed by atoms with Gasteiger partial charge in [-0.15, -0.1) is 0 Å². The van der Waals surface area contributed by atoms with Crippen LogP contribution in [0.3, 0.4) is 0 Å². The van der Waals surface area contributed by atoms with Gasteiger partial charge in [-0.25, -0.2) is 9.18 Å². The summed E-state index contributed by atoms with van der Waals surface area (Å²) < 4.78 is 32.3. The smallest absolute Gasteiger partial charge is 0.444 e. The van der Waals surface area contributed by atoms with Crippen LogP contribution in [0, 0.1) is 12.7 Å². The Hall–Kier alpha value is -1.60. The third kappa shape index (κ3) is 4.64. The molecule has 0 bridgehead atoms. The quantitative estimate of drug-likeness (QED) is 0.806. The third-order valence-electron chi connectivity index (χ3n) is 5.17. The molecule has 2 rings (SSSR count). The zero-order valence-corrected chi connectivity index (χ0v) is 17.8. The molecular weight excluding hydrogens is 348 g/mol. The molecule has 7 heteroatoms. The second-order valence-electron chi connectivity index (χ2n) is 9.14. The van der Waals surface area contributed by atoms with Gasteiger partial charge in [-0.05, 0) is 73.4 Å². The summed E-state index contributed by atoms with van der Waals surface area (Å²) >= 11 is 0. The summed E-state index contributed by atoms with van der Waals surface area (Å²) in [7, 11) is -0.767. The number of halogens is 1. The van der Waals surface area contributed by atoms with Gasteiger partial charge in [0.15, 0.2) is 0 Å². The summed E-state index contributed by atoms with van der Waals surface area (Å²) in [6.45, 7) is 16.6. The lowest BCUT2D eigenvalue weighted by molar-refractivity contribution is 0.00578. The molecule has 150 valence electrons. The molecule has 1 atom stereocenters. The summed E-state index contributed by atoms with van der Waals surface area (Å²) in [5.41, 5.74) is -0.182. The van der Waals surface area contributed by atoms with E-state index in [9.17, 15) is 4.79 Å². The average molecular weight is 379 g/mol. The minimum atomic E-state index is -0.767. The monoisotopic (exact) mass is 379 g/mol. The van der Waals surface area contributed by atoms with E-state index in [1.807, 2.05) is 27.7 Å². The van der Waals surface area contributed by atoms with Crippen LogP contribution < -0.4 is 10.8 Å². The Balaban J connectivity index is 2.21. The molecule has 1 aromatic carbocycles. The molecule has 0 spiro atoms. The van der Waals surface area contributed by atoms with Crippen LogP contribution in [0.25, 0.3) is 0 Å². The van der Waals surface area contributed by atoms with Gasteiger partial charge >= 0.3 is 13.2 Å². The lowest BCUT2D eigenvalue weighted by atomic mass is 9.76. The summed E-state index contributed by atoms with van der Waals surface area (Å²) in [5.74, 6) is -0.385. The van der Waals surface area contributed by atoms with Crippen molar-refractivity contribution >= 4 is 18.7 Å². The van der Waals surface area contributed by atoms with Crippen molar-refractivity contribution < 1.29 is 23.2 Å². The van der Waals surface area contributed by atoms with Crippen molar-refractivity contribution in [2.24, 2.45) is 0 Å². The van der Waals surface area contributed by atoms with Gasteiger partial charge in [0.2, 0.25) is 0 Å². The number of carbonyl (C=O) groups is 1. The molecule has 0 saturated carbocycles. The fourth-order valence-electron chi connectivity index (χ4n) is 2.90. The van der Waals surface area contributed by atoms with Crippen molar-refractivity contribution in [3.63, 3.8) is 0 Å². The van der Waals surface area contributed by atoms with Gasteiger partial charge < -0.3 is 19.4 Å². The third-order valence-corrected chi connectivity index (χ3v) is 5.17. The predicted molar refractivity (Wildman–Crippen MR) is 105 cm³/mol. The Morgan fingerprint density at radius 1 is 1.19 bits per heavy atom. The first-order valence-electron chi connectivity index (χ1n) is 9.29. The van der Waals surface area contributed by atoms with Crippen LogP contribution >= 0.6 is 0 Å². The standard InChI is InChI=1S/C20H31BFNO4/c1-12-14(13(2)23-17(24)25-18(3,4)5)10-11-15(16(12)22)21-26-19(6,7)20(8,9)27-21/h10-11,13H,1-9H3,(H,23,24). The molecule has 1 aliphatic rings. The van der Waals surface area contributed by atoms with Gasteiger partial charge in [-0.3, -0.25) is 0 Å². The second kappa shape index (κ2) is 7.10. The fourth-order valence-corrected chi connectivity index (χ4v) is 2.90. The minimum Gasteiger partial charge on any atom is -0.444 e. The fraction of sp³-hybridized carbons (Fsp3) is 0.650. The topological polar surface area (TPSA) is 56.8 Å². The molecule has 1 amide bonds. The Morgan fingerprint density at radius 2 is 1.70 bits per heavy atom. The molecule has 1 fully saturated rings. The van der Waals surface area contributed by atoms with E-state index in [2.05, 4.69) is 5.32 Å². The molecule has 5 nitrogen and oxygen atoms in total. The molecule has 1 saturated heterocycles. The number of amides is 1. The van der Waals surface area contributed by atoms with E-state index in [1.165, 1.54) is 0 Å². The molecule has 27 heavy (non-hydrogen) atoms. The van der Waals surface area contributed by atoms with Gasteiger partial charge in [0.1, 0.15) is 11.4 Å². The summed E-state index contributed by atoms with van der Waals surface area (Å²) in [5, 5.41) is 2.75. The van der Waals surface area contributed by atoms with Gasteiger partial charge in [-0.1, -0.05) is 12.1 Å². The molecule has 1 aliphatic heterocycles. The number of carbonyl (C=O) groups excluding carboxylic acids is 1. The number of hydrogen-bond acceptors (Lipinski definition) is 4. The van der Waals surface area contributed by atoms with Crippen LogP contribution in [0.2, 0.25) is 0 Å². The zero-order valence-electron chi connectivity index (χ0n) is 17.8. The Bertz CT molecular complexity index is 711. The minimum absolute atomic E-state index is 0.361. The number of hydrogen-bond donors (Lipinski definition) is 1. The van der Waals surface area contributed by atoms with Crippen molar-refractivity contribution in [3.8, 4) is 0 Å². The summed E-state index contributed by atoms with van der Waals surface area (Å²) in [6.07, 6.45) is -0.537. The SMILES string of the molecule is Cc1c(C(C)NC(=O)OC(C)(C)C)ccc(B2OC(C)(C)C(C)(C)O2)c1F. The van der Waals surface area contributed by atoms with E-state index in [-0.39, 0.29) is 5.82 Å². The number of alkyl carbamates (subject to hydrolysis) is 1. The van der Waals surface area contributed by atoms with E-state index in [4.69, 9.17) is 14.0 Å². The molecule has 0 aromatic heterocycles. The zero-order chi connectivity index (χ0) is 20.8. The maximum absolute atomic E-state index is 15.1. The number of ether oxygens (including phenoxy) is 1. The second-order valence-corrected chi connectivity index (χ2v) is 9.14. The van der Waals surface area contributed by atoms with Crippen molar-refractivity contribution in [1.29, 1.82) is 0 Å². The highest BCUT2D eigenvalue weighted by Crippen LogP contribution is 2.37. The van der Waals surface area contributed by atoms with E-state index in [0.717, 1.165) is 0 Å². The largest absolute Gasteiger partial charge is 0.497 e. The molecule has 0 aliphatic carbocycles. The molecular formula is C20H31BFNO4. The highest BCUT2D eigenvalue weighted by Gasteiger charge is 2.52.